The molecule has 2 aliphatic rings. The Hall–Kier alpha value is -2.86. The lowest BCUT2D eigenvalue weighted by molar-refractivity contribution is -0.147. The van der Waals surface area contributed by atoms with Gasteiger partial charge in [-0.05, 0) is 11.1 Å². The maximum Gasteiger partial charge on any atom is 0.324 e. The number of benzene rings is 2. The molecule has 0 aliphatic carbocycles. The van der Waals surface area contributed by atoms with Crippen LogP contribution in [-0.4, -0.2) is 33.7 Å². The largest absolute Gasteiger partial charge is 0.451 e. The summed E-state index contributed by atoms with van der Waals surface area (Å²) in [4.78, 5) is 37.5. The average molecular weight is 379 g/mol. The van der Waals surface area contributed by atoms with Crippen molar-refractivity contribution in [1.29, 1.82) is 0 Å². The summed E-state index contributed by atoms with van der Waals surface area (Å²) in [5.74, 6) is -0.514. The molecule has 1 amide bonds. The molecule has 1 saturated heterocycles. The SMILES string of the molecule is O=CC1=CN2C(=O)C[C@H]2SC1C(=O)OC(c1ccccc1)c1ccccc1. The third-order valence-electron chi connectivity index (χ3n) is 4.62. The molecule has 6 heteroatoms. The average Bonchev–Trinajstić information content (AvgIpc) is 2.72. The zero-order valence-corrected chi connectivity index (χ0v) is 15.2. The molecule has 2 aliphatic heterocycles. The predicted molar refractivity (Wildman–Crippen MR) is 102 cm³/mol. The summed E-state index contributed by atoms with van der Waals surface area (Å²) in [5, 5.41) is -0.836. The van der Waals surface area contributed by atoms with Crippen LogP contribution in [0, 0.1) is 0 Å². The molecular weight excluding hydrogens is 362 g/mol. The minimum atomic E-state index is -0.730. The van der Waals surface area contributed by atoms with Gasteiger partial charge in [0, 0.05) is 11.8 Å². The van der Waals surface area contributed by atoms with Crippen LogP contribution in [-0.2, 0) is 19.1 Å². The Kier molecular flexibility index (Phi) is 4.81. The molecule has 0 aromatic heterocycles. The van der Waals surface area contributed by atoms with E-state index in [0.29, 0.717) is 12.7 Å². The Morgan fingerprint density at radius 1 is 1.07 bits per heavy atom. The van der Waals surface area contributed by atoms with Crippen LogP contribution >= 0.6 is 11.8 Å². The monoisotopic (exact) mass is 379 g/mol. The first-order valence-electron chi connectivity index (χ1n) is 8.61. The summed E-state index contributed by atoms with van der Waals surface area (Å²) in [7, 11) is 0. The summed E-state index contributed by atoms with van der Waals surface area (Å²) in [6.07, 6.45) is 1.92. The Balaban J connectivity index is 1.61. The Morgan fingerprint density at radius 3 is 2.19 bits per heavy atom. The van der Waals surface area contributed by atoms with Crippen LogP contribution in [0.5, 0.6) is 0 Å². The lowest BCUT2D eigenvalue weighted by Gasteiger charge is -2.42. The highest BCUT2D eigenvalue weighted by Gasteiger charge is 2.44. The minimum Gasteiger partial charge on any atom is -0.451 e. The van der Waals surface area contributed by atoms with Gasteiger partial charge in [-0.3, -0.25) is 14.4 Å². The molecule has 0 saturated carbocycles. The molecule has 0 bridgehead atoms. The molecule has 2 heterocycles. The number of β-lactam (4-membered cyclic amide) rings is 1. The topological polar surface area (TPSA) is 63.7 Å². The van der Waals surface area contributed by atoms with E-state index in [0.717, 1.165) is 11.1 Å². The van der Waals surface area contributed by atoms with Crippen molar-refractivity contribution in [3.63, 3.8) is 0 Å². The Morgan fingerprint density at radius 2 is 1.67 bits per heavy atom. The van der Waals surface area contributed by atoms with Crippen LogP contribution in [0.4, 0.5) is 0 Å². The Bertz CT molecular complexity index is 857. The summed E-state index contributed by atoms with van der Waals surface area (Å²) in [5.41, 5.74) is 1.97. The van der Waals surface area contributed by atoms with E-state index in [2.05, 4.69) is 0 Å². The molecule has 0 spiro atoms. The number of hydrogen-bond donors (Lipinski definition) is 0. The summed E-state index contributed by atoms with van der Waals surface area (Å²) in [6, 6.07) is 19.0. The Labute approximate surface area is 161 Å². The van der Waals surface area contributed by atoms with Gasteiger partial charge in [0.1, 0.15) is 11.5 Å². The quantitative estimate of drug-likeness (QED) is 0.454. The molecule has 1 unspecified atom stereocenters. The molecule has 4 rings (SSSR count). The number of esters is 1. The van der Waals surface area contributed by atoms with Gasteiger partial charge >= 0.3 is 5.97 Å². The number of aldehydes is 1. The molecule has 1 fully saturated rings. The minimum absolute atomic E-state index is 0.0369. The van der Waals surface area contributed by atoms with Gasteiger partial charge in [-0.2, -0.15) is 0 Å². The van der Waals surface area contributed by atoms with Crippen molar-refractivity contribution in [2.45, 2.75) is 23.1 Å². The van der Waals surface area contributed by atoms with E-state index in [1.54, 1.807) is 0 Å². The van der Waals surface area contributed by atoms with Crippen molar-refractivity contribution in [2.24, 2.45) is 0 Å². The molecule has 27 heavy (non-hydrogen) atoms. The second kappa shape index (κ2) is 7.40. The van der Waals surface area contributed by atoms with Crippen molar-refractivity contribution >= 4 is 29.9 Å². The molecule has 0 N–H and O–H groups in total. The molecule has 2 aromatic rings. The highest BCUT2D eigenvalue weighted by molar-refractivity contribution is 8.01. The zero-order valence-electron chi connectivity index (χ0n) is 14.4. The fourth-order valence-electron chi connectivity index (χ4n) is 3.18. The van der Waals surface area contributed by atoms with Crippen molar-refractivity contribution in [1.82, 2.24) is 4.90 Å². The van der Waals surface area contributed by atoms with Crippen LogP contribution in [0.3, 0.4) is 0 Å². The molecule has 136 valence electrons. The van der Waals surface area contributed by atoms with Gasteiger partial charge in [0.25, 0.3) is 0 Å². The molecule has 2 atom stereocenters. The van der Waals surface area contributed by atoms with E-state index < -0.39 is 17.3 Å². The third-order valence-corrected chi connectivity index (χ3v) is 6.07. The molecule has 5 nitrogen and oxygen atoms in total. The smallest absolute Gasteiger partial charge is 0.324 e. The van der Waals surface area contributed by atoms with E-state index in [1.165, 1.54) is 22.9 Å². The van der Waals surface area contributed by atoms with Crippen LogP contribution in [0.2, 0.25) is 0 Å². The molecule has 2 aromatic carbocycles. The second-order valence-corrected chi connectivity index (χ2v) is 7.65. The van der Waals surface area contributed by atoms with E-state index >= 15 is 0 Å². The number of hydrogen-bond acceptors (Lipinski definition) is 5. The van der Waals surface area contributed by atoms with Crippen molar-refractivity contribution in [3.05, 3.63) is 83.6 Å². The highest BCUT2D eigenvalue weighted by atomic mass is 32.2. The summed E-state index contributed by atoms with van der Waals surface area (Å²) >= 11 is 1.29. The fraction of sp³-hybridized carbons (Fsp3) is 0.190. The number of fused-ring (bicyclic) bond motifs is 1. The predicted octanol–water partition coefficient (Wildman–Crippen LogP) is 3.08. The number of rotatable bonds is 5. The molecule has 0 radical (unpaired) electrons. The van der Waals surface area contributed by atoms with Gasteiger partial charge in [0.2, 0.25) is 5.91 Å². The number of nitrogens with zero attached hydrogens (tertiary/aromatic N) is 1. The van der Waals surface area contributed by atoms with Gasteiger partial charge in [-0.15, -0.1) is 11.8 Å². The second-order valence-electron chi connectivity index (χ2n) is 6.36. The van der Waals surface area contributed by atoms with Crippen LogP contribution in [0.25, 0.3) is 0 Å². The van der Waals surface area contributed by atoms with Crippen LogP contribution < -0.4 is 0 Å². The van der Waals surface area contributed by atoms with Gasteiger partial charge in [-0.25, -0.2) is 0 Å². The molecular formula is C21H17NO4S. The van der Waals surface area contributed by atoms with Crippen LogP contribution in [0.1, 0.15) is 23.7 Å². The normalized spacial score (nSPS) is 21.1. The lowest BCUT2D eigenvalue weighted by atomic mass is 10.0. The van der Waals surface area contributed by atoms with Gasteiger partial charge in [-0.1, -0.05) is 60.7 Å². The van der Waals surface area contributed by atoms with Crippen molar-refractivity contribution in [3.8, 4) is 0 Å². The highest BCUT2D eigenvalue weighted by Crippen LogP contribution is 2.41. The van der Waals surface area contributed by atoms with Crippen molar-refractivity contribution < 1.29 is 19.1 Å². The number of amides is 1. The third kappa shape index (κ3) is 3.40. The first-order chi connectivity index (χ1) is 13.2. The van der Waals surface area contributed by atoms with E-state index in [9.17, 15) is 14.4 Å². The lowest BCUT2D eigenvalue weighted by Crippen LogP contribution is -2.51. The first kappa shape index (κ1) is 17.5. The van der Waals surface area contributed by atoms with E-state index in [-0.39, 0.29) is 16.9 Å². The summed E-state index contributed by atoms with van der Waals surface area (Å²) < 4.78 is 5.87. The van der Waals surface area contributed by atoms with Gasteiger partial charge in [0.05, 0.1) is 11.8 Å². The van der Waals surface area contributed by atoms with Crippen LogP contribution in [0.15, 0.2) is 72.4 Å². The summed E-state index contributed by atoms with van der Waals surface area (Å²) in [6.45, 7) is 0. The van der Waals surface area contributed by atoms with Gasteiger partial charge in [0.15, 0.2) is 6.10 Å². The number of carbonyl (C=O) groups is 3. The number of thioether (sulfide) groups is 1. The van der Waals surface area contributed by atoms with E-state index in [1.807, 2.05) is 60.7 Å². The maximum atomic E-state index is 12.9. The fourth-order valence-corrected chi connectivity index (χ4v) is 4.48. The number of carbonyl (C=O) groups excluding carboxylic acids is 3. The zero-order chi connectivity index (χ0) is 18.8. The van der Waals surface area contributed by atoms with Crippen molar-refractivity contribution in [2.75, 3.05) is 0 Å². The van der Waals surface area contributed by atoms with Gasteiger partial charge < -0.3 is 9.64 Å². The number of ether oxygens (including phenoxy) is 1. The maximum absolute atomic E-state index is 12.9. The standard InChI is InChI=1S/C21H17NO4S/c23-13-16-12-22-17(24)11-18(22)27-20(16)21(25)26-19(14-7-3-1-4-8-14)15-9-5-2-6-10-15/h1-10,12-13,18-20H,11H2/t18-,20?/m1/s1. The van der Waals surface area contributed by atoms with E-state index in [4.69, 9.17) is 4.74 Å². The first-order valence-corrected chi connectivity index (χ1v) is 9.55.